The van der Waals surface area contributed by atoms with Gasteiger partial charge in [0.2, 0.25) is 0 Å². The molecular weight excluding hydrogens is 332 g/mol. The zero-order valence-electron chi connectivity index (χ0n) is 16.6. The van der Waals surface area contributed by atoms with E-state index in [0.29, 0.717) is 25.4 Å². The summed E-state index contributed by atoms with van der Waals surface area (Å²) in [6.07, 6.45) is 7.65. The number of rotatable bonds is 4. The lowest BCUT2D eigenvalue weighted by molar-refractivity contribution is -0.276. The van der Waals surface area contributed by atoms with Gasteiger partial charge in [0, 0.05) is 20.0 Å². The lowest BCUT2D eigenvalue weighted by Gasteiger charge is -2.51. The number of allylic oxidation sites excluding steroid dienone is 2. The molecule has 3 aliphatic rings. The maximum Gasteiger partial charge on any atom is 0.316 e. The summed E-state index contributed by atoms with van der Waals surface area (Å²) in [4.78, 5) is 12.1. The third-order valence-corrected chi connectivity index (χ3v) is 5.94. The van der Waals surface area contributed by atoms with Crippen LogP contribution in [0, 0.1) is 10.8 Å². The minimum atomic E-state index is -0.548. The van der Waals surface area contributed by atoms with Crippen LogP contribution >= 0.6 is 0 Å². The molecule has 1 saturated heterocycles. The Morgan fingerprint density at radius 3 is 2.54 bits per heavy atom. The zero-order valence-corrected chi connectivity index (χ0v) is 16.6. The van der Waals surface area contributed by atoms with Gasteiger partial charge in [0.05, 0.1) is 30.1 Å². The second-order valence-corrected chi connectivity index (χ2v) is 8.77. The van der Waals surface area contributed by atoms with Crippen LogP contribution in [0.1, 0.15) is 59.3 Å². The Labute approximate surface area is 156 Å². The monoisotopic (exact) mass is 364 g/mol. The van der Waals surface area contributed by atoms with Crippen LogP contribution in [0.15, 0.2) is 24.0 Å². The van der Waals surface area contributed by atoms with Gasteiger partial charge in [0.25, 0.3) is 0 Å². The van der Waals surface area contributed by atoms with Crippen molar-refractivity contribution in [2.75, 3.05) is 20.3 Å². The number of esters is 1. The Balaban J connectivity index is 1.74. The van der Waals surface area contributed by atoms with Crippen LogP contribution in [0.2, 0.25) is 0 Å². The van der Waals surface area contributed by atoms with E-state index in [9.17, 15) is 4.79 Å². The molecule has 0 radical (unpaired) electrons. The predicted molar refractivity (Wildman–Crippen MR) is 98.3 cm³/mol. The molecule has 0 aromatic heterocycles. The molecule has 1 aliphatic heterocycles. The topological polar surface area (TPSA) is 54.0 Å². The fourth-order valence-electron chi connectivity index (χ4n) is 4.68. The van der Waals surface area contributed by atoms with Crippen LogP contribution < -0.4 is 0 Å². The first kappa shape index (κ1) is 19.6. The van der Waals surface area contributed by atoms with Crippen molar-refractivity contribution in [3.05, 3.63) is 24.0 Å². The molecule has 146 valence electrons. The van der Waals surface area contributed by atoms with Gasteiger partial charge in [-0.3, -0.25) is 4.79 Å². The molecule has 2 spiro atoms. The molecule has 2 atom stereocenters. The second kappa shape index (κ2) is 7.10. The van der Waals surface area contributed by atoms with Gasteiger partial charge in [0.15, 0.2) is 5.79 Å². The molecule has 0 bridgehead atoms. The predicted octanol–water partition coefficient (Wildman–Crippen LogP) is 4.13. The molecule has 0 aromatic rings. The summed E-state index contributed by atoms with van der Waals surface area (Å²) in [6, 6.07) is 0. The van der Waals surface area contributed by atoms with E-state index in [2.05, 4.69) is 12.7 Å². The number of hydrogen-bond donors (Lipinski definition) is 0. The van der Waals surface area contributed by atoms with E-state index < -0.39 is 11.2 Å². The summed E-state index contributed by atoms with van der Waals surface area (Å²) in [6.45, 7) is 10.8. The van der Waals surface area contributed by atoms with E-state index in [4.69, 9.17) is 18.9 Å². The molecule has 2 aliphatic carbocycles. The molecule has 0 amide bonds. The van der Waals surface area contributed by atoms with Crippen LogP contribution in [0.3, 0.4) is 0 Å². The molecule has 1 heterocycles. The summed E-state index contributed by atoms with van der Waals surface area (Å²) >= 11 is 0. The van der Waals surface area contributed by atoms with Crippen molar-refractivity contribution in [1.82, 2.24) is 0 Å². The molecule has 3 rings (SSSR count). The van der Waals surface area contributed by atoms with Gasteiger partial charge in [-0.25, -0.2) is 0 Å². The Kier molecular flexibility index (Phi) is 5.35. The van der Waals surface area contributed by atoms with Gasteiger partial charge in [-0.15, -0.1) is 0 Å². The van der Waals surface area contributed by atoms with Gasteiger partial charge in [-0.1, -0.05) is 19.1 Å². The van der Waals surface area contributed by atoms with Crippen molar-refractivity contribution in [2.24, 2.45) is 10.8 Å². The molecule has 2 fully saturated rings. The lowest BCUT2D eigenvalue weighted by Crippen LogP contribution is -2.56. The van der Waals surface area contributed by atoms with Gasteiger partial charge in [-0.05, 0) is 45.6 Å². The maximum atomic E-state index is 12.1. The van der Waals surface area contributed by atoms with E-state index in [1.807, 2.05) is 20.8 Å². The smallest absolute Gasteiger partial charge is 0.316 e. The zero-order chi connectivity index (χ0) is 19.0. The molecule has 5 nitrogen and oxygen atoms in total. The number of carbonyl (C=O) groups is 1. The van der Waals surface area contributed by atoms with E-state index in [1.165, 1.54) is 0 Å². The van der Waals surface area contributed by atoms with Crippen molar-refractivity contribution in [2.45, 2.75) is 71.2 Å². The van der Waals surface area contributed by atoms with Crippen molar-refractivity contribution in [3.8, 4) is 0 Å². The Hall–Kier alpha value is -1.17. The quantitative estimate of drug-likeness (QED) is 0.426. The summed E-state index contributed by atoms with van der Waals surface area (Å²) < 4.78 is 23.8. The average molecular weight is 364 g/mol. The third-order valence-electron chi connectivity index (χ3n) is 5.94. The highest BCUT2D eigenvalue weighted by Gasteiger charge is 2.62. The van der Waals surface area contributed by atoms with Crippen molar-refractivity contribution in [1.29, 1.82) is 0 Å². The summed E-state index contributed by atoms with van der Waals surface area (Å²) in [5.41, 5.74) is 0.369. The minimum absolute atomic E-state index is 0.106. The molecule has 0 aromatic carbocycles. The Morgan fingerprint density at radius 1 is 1.27 bits per heavy atom. The first-order valence-electron chi connectivity index (χ1n) is 9.64. The number of ether oxygens (including phenoxy) is 4. The van der Waals surface area contributed by atoms with Crippen LogP contribution in [0.4, 0.5) is 0 Å². The summed E-state index contributed by atoms with van der Waals surface area (Å²) in [5, 5.41) is 0. The van der Waals surface area contributed by atoms with Crippen molar-refractivity contribution >= 4 is 5.97 Å². The van der Waals surface area contributed by atoms with Gasteiger partial charge in [-0.2, -0.15) is 0 Å². The maximum absolute atomic E-state index is 12.1. The number of hydrogen-bond acceptors (Lipinski definition) is 5. The molecule has 5 heteroatoms. The molecule has 0 unspecified atom stereocenters. The Bertz CT molecular complexity index is 594. The first-order valence-corrected chi connectivity index (χ1v) is 9.64. The average Bonchev–Trinajstić information content (AvgIpc) is 3.16. The highest BCUT2D eigenvalue weighted by atomic mass is 16.7. The highest BCUT2D eigenvalue weighted by Crippen LogP contribution is 2.59. The van der Waals surface area contributed by atoms with Crippen molar-refractivity contribution in [3.63, 3.8) is 0 Å². The van der Waals surface area contributed by atoms with E-state index in [-0.39, 0.29) is 17.5 Å². The molecule has 0 N–H and O–H groups in total. The number of carbonyl (C=O) groups excluding carboxylic acids is 1. The lowest BCUT2D eigenvalue weighted by atomic mass is 9.65. The Morgan fingerprint density at radius 2 is 1.92 bits per heavy atom. The first-order chi connectivity index (χ1) is 12.2. The van der Waals surface area contributed by atoms with Crippen LogP contribution in [-0.4, -0.2) is 38.2 Å². The number of fused-ring (bicyclic) bond motifs is 1. The van der Waals surface area contributed by atoms with Crippen LogP contribution in [-0.2, 0) is 23.7 Å². The highest BCUT2D eigenvalue weighted by molar-refractivity contribution is 5.76. The van der Waals surface area contributed by atoms with Gasteiger partial charge < -0.3 is 18.9 Å². The SMILES string of the molecule is C=C(CC1=CC[C@]2(CCCCC23OCCO3)[C@H]1OC)OC(=O)C(C)(C)C. The third kappa shape index (κ3) is 3.25. The summed E-state index contributed by atoms with van der Waals surface area (Å²) in [5.74, 6) is -0.345. The van der Waals surface area contributed by atoms with Crippen LogP contribution in [0.25, 0.3) is 0 Å². The number of methoxy groups -OCH3 is 1. The summed E-state index contributed by atoms with van der Waals surface area (Å²) in [7, 11) is 1.74. The van der Waals surface area contributed by atoms with E-state index in [0.717, 1.165) is 37.7 Å². The van der Waals surface area contributed by atoms with Crippen molar-refractivity contribution < 1.29 is 23.7 Å². The second-order valence-electron chi connectivity index (χ2n) is 8.77. The fourth-order valence-corrected chi connectivity index (χ4v) is 4.68. The normalized spacial score (nSPS) is 30.6. The minimum Gasteiger partial charge on any atom is -0.431 e. The molecule has 1 saturated carbocycles. The van der Waals surface area contributed by atoms with Gasteiger partial charge >= 0.3 is 5.97 Å². The standard InChI is InChI=1S/C21H32O5/c1-15(26-18(22)19(2,3)4)14-16-8-11-20(17(16)23-5)9-6-7-10-21(20)24-12-13-25-21/h8,17H,1,6-7,9-14H2,2-5H3/t17-,20+/m0/s1. The molecular formula is C21H32O5. The van der Waals surface area contributed by atoms with Gasteiger partial charge in [0.1, 0.15) is 5.76 Å². The largest absolute Gasteiger partial charge is 0.431 e. The van der Waals surface area contributed by atoms with E-state index in [1.54, 1.807) is 7.11 Å². The fraction of sp³-hybridized carbons (Fsp3) is 0.762. The van der Waals surface area contributed by atoms with Crippen LogP contribution in [0.5, 0.6) is 0 Å². The van der Waals surface area contributed by atoms with E-state index >= 15 is 0 Å². The molecule has 26 heavy (non-hydrogen) atoms.